The second-order valence-electron chi connectivity index (χ2n) is 9.04. The number of nitrogen functional groups attached to an aromatic ring is 1. The molecule has 1 aromatic carbocycles. The smallest absolute Gasteiger partial charge is 0.407 e. The van der Waals surface area contributed by atoms with Gasteiger partial charge in [-0.15, -0.1) is 0 Å². The van der Waals surface area contributed by atoms with Crippen LogP contribution in [0.5, 0.6) is 0 Å². The quantitative estimate of drug-likeness (QED) is 0.274. The number of nitrogens with zero attached hydrogens (tertiary/aromatic N) is 6. The molecule has 0 spiro atoms. The number of hydrogen-bond acceptors (Lipinski definition) is 9. The number of carboxylic acid groups (broad SMARTS) is 1. The Morgan fingerprint density at radius 3 is 2.35 bits per heavy atom. The van der Waals surface area contributed by atoms with Crippen molar-refractivity contribution in [3.05, 3.63) is 59.4 Å². The zero-order valence-corrected chi connectivity index (χ0v) is 22.6. The molecule has 40 heavy (non-hydrogen) atoms. The van der Waals surface area contributed by atoms with Crippen molar-refractivity contribution in [1.82, 2.24) is 24.8 Å². The Morgan fingerprint density at radius 2 is 1.70 bits per heavy atom. The fourth-order valence-electron chi connectivity index (χ4n) is 4.18. The lowest BCUT2D eigenvalue weighted by molar-refractivity contribution is -0.132. The van der Waals surface area contributed by atoms with Crippen LogP contribution in [-0.4, -0.2) is 73.9 Å². The molecule has 3 aromatic rings. The van der Waals surface area contributed by atoms with Crippen molar-refractivity contribution in [1.29, 1.82) is 5.26 Å². The zero-order valence-electron chi connectivity index (χ0n) is 21.8. The first-order chi connectivity index (χ1) is 19.2. The molecular formula is C27H28N8O4S. The molecule has 13 heteroatoms. The number of pyridine rings is 1. The first kappa shape index (κ1) is 28.3. The number of hydrogen-bond donors (Lipinski definition) is 3. The Balaban J connectivity index is 1.39. The van der Waals surface area contributed by atoms with Gasteiger partial charge in [0.2, 0.25) is 11.8 Å². The van der Waals surface area contributed by atoms with E-state index in [-0.39, 0.29) is 29.6 Å². The third-order valence-corrected chi connectivity index (χ3v) is 7.10. The topological polar surface area (TPSA) is 178 Å². The number of aryl methyl sites for hydroxylation is 1. The minimum absolute atomic E-state index is 0.0225. The molecular weight excluding hydrogens is 532 g/mol. The van der Waals surface area contributed by atoms with E-state index in [0.717, 1.165) is 11.4 Å². The number of rotatable bonds is 8. The number of aromatic nitrogens is 3. The lowest BCUT2D eigenvalue weighted by Gasteiger charge is -2.33. The van der Waals surface area contributed by atoms with Gasteiger partial charge in [-0.05, 0) is 30.7 Å². The van der Waals surface area contributed by atoms with E-state index in [1.165, 1.54) is 23.6 Å². The SMILES string of the molecule is CC(=O)Nc1ccc(-c2nc(SCc3cccc(CCC(=O)N4CCN(C(=O)O)CC4)n3)nc(N)c2C#N)cc1. The summed E-state index contributed by atoms with van der Waals surface area (Å²) >= 11 is 1.33. The van der Waals surface area contributed by atoms with Crippen molar-refractivity contribution in [3.8, 4) is 17.3 Å². The monoisotopic (exact) mass is 560 g/mol. The molecule has 1 aliphatic rings. The van der Waals surface area contributed by atoms with E-state index in [9.17, 15) is 19.6 Å². The maximum absolute atomic E-state index is 12.6. The van der Waals surface area contributed by atoms with Crippen molar-refractivity contribution >= 4 is 41.2 Å². The van der Waals surface area contributed by atoms with Crippen LogP contribution in [-0.2, 0) is 21.8 Å². The number of nitrogens with two attached hydrogens (primary N) is 1. The van der Waals surface area contributed by atoms with Crippen LogP contribution in [0.3, 0.4) is 0 Å². The van der Waals surface area contributed by atoms with Gasteiger partial charge < -0.3 is 26.0 Å². The Morgan fingerprint density at radius 1 is 1.02 bits per heavy atom. The van der Waals surface area contributed by atoms with Gasteiger partial charge in [0.15, 0.2) is 5.16 Å². The molecule has 4 N–H and O–H groups in total. The largest absolute Gasteiger partial charge is 0.465 e. The molecule has 3 heterocycles. The van der Waals surface area contributed by atoms with E-state index >= 15 is 0 Å². The summed E-state index contributed by atoms with van der Waals surface area (Å²) in [6.07, 6.45) is -0.209. The van der Waals surface area contributed by atoms with E-state index < -0.39 is 6.09 Å². The molecule has 12 nitrogen and oxygen atoms in total. The van der Waals surface area contributed by atoms with Gasteiger partial charge in [0, 0.05) is 62.2 Å². The fourth-order valence-corrected chi connectivity index (χ4v) is 4.94. The van der Waals surface area contributed by atoms with Crippen molar-refractivity contribution in [2.24, 2.45) is 0 Å². The summed E-state index contributed by atoms with van der Waals surface area (Å²) in [5, 5.41) is 21.8. The van der Waals surface area contributed by atoms with E-state index in [2.05, 4.69) is 26.3 Å². The Kier molecular flexibility index (Phi) is 9.13. The van der Waals surface area contributed by atoms with Crippen molar-refractivity contribution in [3.63, 3.8) is 0 Å². The second kappa shape index (κ2) is 12.9. The number of anilines is 2. The Labute approximate surface area is 235 Å². The molecule has 0 aliphatic carbocycles. The van der Waals surface area contributed by atoms with Gasteiger partial charge in [-0.3, -0.25) is 14.6 Å². The lowest BCUT2D eigenvalue weighted by atomic mass is 10.1. The molecule has 0 unspecified atom stereocenters. The van der Waals surface area contributed by atoms with Crippen LogP contribution in [0.25, 0.3) is 11.3 Å². The minimum Gasteiger partial charge on any atom is -0.465 e. The normalized spacial score (nSPS) is 13.0. The summed E-state index contributed by atoms with van der Waals surface area (Å²) in [6.45, 7) is 2.85. The van der Waals surface area contributed by atoms with Crippen molar-refractivity contribution in [2.45, 2.75) is 30.7 Å². The van der Waals surface area contributed by atoms with Gasteiger partial charge in [0.05, 0.1) is 11.4 Å². The van der Waals surface area contributed by atoms with Gasteiger partial charge in [-0.2, -0.15) is 5.26 Å². The summed E-state index contributed by atoms with van der Waals surface area (Å²) in [4.78, 5) is 51.5. The second-order valence-corrected chi connectivity index (χ2v) is 9.99. The number of nitriles is 1. The first-order valence-electron chi connectivity index (χ1n) is 12.5. The maximum Gasteiger partial charge on any atom is 0.407 e. The lowest BCUT2D eigenvalue weighted by Crippen LogP contribution is -2.50. The fraction of sp³-hybridized carbons (Fsp3) is 0.296. The molecule has 206 valence electrons. The van der Waals surface area contributed by atoms with Gasteiger partial charge in [0.25, 0.3) is 0 Å². The number of nitrogens with one attached hydrogen (secondary N) is 1. The van der Waals surface area contributed by atoms with Gasteiger partial charge in [-0.1, -0.05) is 30.0 Å². The highest BCUT2D eigenvalue weighted by molar-refractivity contribution is 7.98. The summed E-state index contributed by atoms with van der Waals surface area (Å²) in [7, 11) is 0. The predicted octanol–water partition coefficient (Wildman–Crippen LogP) is 3.00. The molecule has 1 saturated heterocycles. The number of piperazine rings is 1. The van der Waals surface area contributed by atoms with Crippen LogP contribution < -0.4 is 11.1 Å². The summed E-state index contributed by atoms with van der Waals surface area (Å²) < 4.78 is 0. The highest BCUT2D eigenvalue weighted by Crippen LogP contribution is 2.29. The number of thioether (sulfide) groups is 1. The molecule has 3 amide bonds. The standard InChI is InChI=1S/C27H28N8O4S/c1-17(36)30-20-7-5-18(6-8-20)24-22(15-28)25(29)33-26(32-24)40-16-21-4-2-3-19(31-21)9-10-23(37)34-11-13-35(14-12-34)27(38)39/h2-8H,9-14,16H2,1H3,(H,30,36)(H,38,39)(H2,29,32,33). The highest BCUT2D eigenvalue weighted by Gasteiger charge is 2.23. The number of benzene rings is 1. The average molecular weight is 561 g/mol. The van der Waals surface area contributed by atoms with Crippen LogP contribution in [0.4, 0.5) is 16.3 Å². The van der Waals surface area contributed by atoms with Crippen molar-refractivity contribution in [2.75, 3.05) is 37.2 Å². The molecule has 0 bridgehead atoms. The van der Waals surface area contributed by atoms with Crippen LogP contribution in [0.1, 0.15) is 30.3 Å². The summed E-state index contributed by atoms with van der Waals surface area (Å²) in [6, 6.07) is 14.6. The van der Waals surface area contributed by atoms with Crippen LogP contribution in [0, 0.1) is 11.3 Å². The Hall–Kier alpha value is -4.70. The average Bonchev–Trinajstić information content (AvgIpc) is 2.95. The van der Waals surface area contributed by atoms with E-state index in [4.69, 9.17) is 10.8 Å². The number of carbonyl (C=O) groups excluding carboxylic acids is 2. The number of carbonyl (C=O) groups is 3. The maximum atomic E-state index is 12.6. The van der Waals surface area contributed by atoms with Gasteiger partial charge in [-0.25, -0.2) is 14.8 Å². The van der Waals surface area contributed by atoms with Crippen LogP contribution in [0.15, 0.2) is 47.6 Å². The molecule has 1 aliphatic heterocycles. The molecule has 2 aromatic heterocycles. The van der Waals surface area contributed by atoms with Crippen molar-refractivity contribution < 1.29 is 19.5 Å². The Bertz CT molecular complexity index is 1450. The van der Waals surface area contributed by atoms with Crippen LogP contribution >= 0.6 is 11.8 Å². The first-order valence-corrected chi connectivity index (χ1v) is 13.5. The van der Waals surface area contributed by atoms with Gasteiger partial charge in [0.1, 0.15) is 17.5 Å². The van der Waals surface area contributed by atoms with E-state index in [1.54, 1.807) is 29.2 Å². The zero-order chi connectivity index (χ0) is 28.6. The van der Waals surface area contributed by atoms with E-state index in [0.29, 0.717) is 60.5 Å². The number of amides is 3. The molecule has 4 rings (SSSR count). The van der Waals surface area contributed by atoms with E-state index in [1.807, 2.05) is 18.2 Å². The third-order valence-electron chi connectivity index (χ3n) is 6.22. The predicted molar refractivity (Wildman–Crippen MR) is 149 cm³/mol. The van der Waals surface area contributed by atoms with Gasteiger partial charge >= 0.3 is 6.09 Å². The molecule has 0 radical (unpaired) electrons. The molecule has 1 fully saturated rings. The molecule has 0 saturated carbocycles. The van der Waals surface area contributed by atoms with Crippen LogP contribution in [0.2, 0.25) is 0 Å². The highest BCUT2D eigenvalue weighted by atomic mass is 32.2. The minimum atomic E-state index is -0.964. The molecule has 0 atom stereocenters. The summed E-state index contributed by atoms with van der Waals surface area (Å²) in [5.74, 6) is 0.317. The third kappa shape index (κ3) is 7.23. The summed E-state index contributed by atoms with van der Waals surface area (Å²) in [5.41, 5.74) is 9.49.